The third kappa shape index (κ3) is 5.99. The zero-order valence-electron chi connectivity index (χ0n) is 17.9. The fourth-order valence-electron chi connectivity index (χ4n) is 2.82. The topological polar surface area (TPSA) is 107 Å². The van der Waals surface area contributed by atoms with Gasteiger partial charge in [0.25, 0.3) is 0 Å². The number of nitrogens with one attached hydrogen (secondary N) is 3. The van der Waals surface area contributed by atoms with Gasteiger partial charge in [-0.3, -0.25) is 0 Å². The van der Waals surface area contributed by atoms with E-state index in [-0.39, 0.29) is 6.03 Å². The Bertz CT molecular complexity index is 1040. The number of hydrogen-bond donors (Lipinski definition) is 3. The predicted molar refractivity (Wildman–Crippen MR) is 120 cm³/mol. The standard InChI is InChI=1S/C22H25N5O4/c1-5-31-21-13-20(23-14(2)24-21)25-15-6-8-16(9-7-15)26-22(28)27-17-10-11-18(29-3)19(12-17)30-4/h6-13H,5H2,1-4H3,(H,23,24,25)(H2,26,27,28). The molecule has 0 radical (unpaired) electrons. The van der Waals surface area contributed by atoms with Gasteiger partial charge in [0.1, 0.15) is 11.6 Å². The number of nitrogens with zero attached hydrogens (tertiary/aromatic N) is 2. The van der Waals surface area contributed by atoms with Crippen molar-refractivity contribution in [3.8, 4) is 17.4 Å². The van der Waals surface area contributed by atoms with Crippen molar-refractivity contribution < 1.29 is 19.0 Å². The first kappa shape index (κ1) is 21.7. The minimum atomic E-state index is -0.374. The number of rotatable bonds is 8. The molecular formula is C22H25N5O4. The summed E-state index contributed by atoms with van der Waals surface area (Å²) in [4.78, 5) is 20.9. The van der Waals surface area contributed by atoms with Crippen molar-refractivity contribution in [2.45, 2.75) is 13.8 Å². The number of anilines is 4. The molecule has 1 aromatic heterocycles. The van der Waals surface area contributed by atoms with E-state index in [4.69, 9.17) is 14.2 Å². The van der Waals surface area contributed by atoms with Gasteiger partial charge < -0.3 is 30.2 Å². The van der Waals surface area contributed by atoms with Crippen molar-refractivity contribution in [1.29, 1.82) is 0 Å². The lowest BCUT2D eigenvalue weighted by Gasteiger charge is -2.12. The second kappa shape index (κ2) is 10.1. The lowest BCUT2D eigenvalue weighted by molar-refractivity contribution is 0.262. The summed E-state index contributed by atoms with van der Waals surface area (Å²) in [6.45, 7) is 4.23. The Hall–Kier alpha value is -4.01. The molecule has 1 heterocycles. The first-order valence-electron chi connectivity index (χ1n) is 9.66. The highest BCUT2D eigenvalue weighted by Gasteiger charge is 2.08. The average Bonchev–Trinajstić information content (AvgIpc) is 2.75. The molecule has 0 unspecified atom stereocenters. The molecule has 2 amide bonds. The quantitative estimate of drug-likeness (QED) is 0.486. The van der Waals surface area contributed by atoms with E-state index >= 15 is 0 Å². The maximum Gasteiger partial charge on any atom is 0.323 e. The van der Waals surface area contributed by atoms with E-state index in [9.17, 15) is 4.79 Å². The van der Waals surface area contributed by atoms with E-state index < -0.39 is 0 Å². The summed E-state index contributed by atoms with van der Waals surface area (Å²) in [5, 5.41) is 8.75. The largest absolute Gasteiger partial charge is 0.493 e. The van der Waals surface area contributed by atoms with Crippen molar-refractivity contribution in [3.05, 3.63) is 54.4 Å². The van der Waals surface area contributed by atoms with Crippen LogP contribution in [0.15, 0.2) is 48.5 Å². The Balaban J connectivity index is 1.61. The van der Waals surface area contributed by atoms with Crippen LogP contribution in [0.2, 0.25) is 0 Å². The van der Waals surface area contributed by atoms with Crippen LogP contribution in [-0.4, -0.2) is 36.8 Å². The molecule has 2 aromatic carbocycles. The lowest BCUT2D eigenvalue weighted by Crippen LogP contribution is -2.19. The van der Waals surface area contributed by atoms with Crippen LogP contribution in [0.25, 0.3) is 0 Å². The van der Waals surface area contributed by atoms with Crippen molar-refractivity contribution >= 4 is 28.9 Å². The van der Waals surface area contributed by atoms with Crippen molar-refractivity contribution in [2.24, 2.45) is 0 Å². The third-order valence-electron chi connectivity index (χ3n) is 4.16. The number of aromatic nitrogens is 2. The van der Waals surface area contributed by atoms with Gasteiger partial charge in [0, 0.05) is 29.2 Å². The number of urea groups is 1. The molecular weight excluding hydrogens is 398 g/mol. The summed E-state index contributed by atoms with van der Waals surface area (Å²) in [5.74, 6) is 2.87. The monoisotopic (exact) mass is 423 g/mol. The highest BCUT2D eigenvalue weighted by molar-refractivity contribution is 6.00. The van der Waals surface area contributed by atoms with Crippen LogP contribution in [0.4, 0.5) is 27.7 Å². The Morgan fingerprint density at radius 3 is 2.19 bits per heavy atom. The average molecular weight is 423 g/mol. The molecule has 0 bridgehead atoms. The number of carbonyl (C=O) groups is 1. The number of aryl methyl sites for hydroxylation is 1. The van der Waals surface area contributed by atoms with Gasteiger partial charge in [-0.25, -0.2) is 9.78 Å². The number of hydrogen-bond acceptors (Lipinski definition) is 7. The number of benzene rings is 2. The van der Waals surface area contributed by atoms with Gasteiger partial charge in [-0.15, -0.1) is 0 Å². The summed E-state index contributed by atoms with van der Waals surface area (Å²) >= 11 is 0. The van der Waals surface area contributed by atoms with Crippen LogP contribution < -0.4 is 30.2 Å². The highest BCUT2D eigenvalue weighted by Crippen LogP contribution is 2.29. The van der Waals surface area contributed by atoms with E-state index in [1.807, 2.05) is 19.1 Å². The van der Waals surface area contributed by atoms with Gasteiger partial charge in [-0.2, -0.15) is 4.98 Å². The third-order valence-corrected chi connectivity index (χ3v) is 4.16. The van der Waals surface area contributed by atoms with Gasteiger partial charge in [0.2, 0.25) is 5.88 Å². The van der Waals surface area contributed by atoms with E-state index in [2.05, 4.69) is 25.9 Å². The van der Waals surface area contributed by atoms with Crippen molar-refractivity contribution in [1.82, 2.24) is 9.97 Å². The van der Waals surface area contributed by atoms with Crippen LogP contribution in [0.5, 0.6) is 17.4 Å². The molecule has 3 N–H and O–H groups in total. The highest BCUT2D eigenvalue weighted by atomic mass is 16.5. The molecule has 0 atom stereocenters. The Labute approximate surface area is 180 Å². The summed E-state index contributed by atoms with van der Waals surface area (Å²) in [7, 11) is 3.09. The maximum absolute atomic E-state index is 12.3. The fraction of sp³-hybridized carbons (Fsp3) is 0.227. The van der Waals surface area contributed by atoms with E-state index in [0.29, 0.717) is 47.0 Å². The van der Waals surface area contributed by atoms with Gasteiger partial charge in [-0.05, 0) is 50.2 Å². The molecule has 162 valence electrons. The Morgan fingerprint density at radius 2 is 1.52 bits per heavy atom. The Kier molecular flexibility index (Phi) is 7.10. The number of methoxy groups -OCH3 is 2. The van der Waals surface area contributed by atoms with Gasteiger partial charge in [0.05, 0.1) is 20.8 Å². The predicted octanol–water partition coefficient (Wildman–Crippen LogP) is 4.59. The molecule has 0 saturated heterocycles. The molecule has 9 nitrogen and oxygen atoms in total. The first-order chi connectivity index (χ1) is 15.0. The zero-order chi connectivity index (χ0) is 22.2. The number of ether oxygens (including phenoxy) is 3. The maximum atomic E-state index is 12.3. The molecule has 0 fully saturated rings. The van der Waals surface area contributed by atoms with Gasteiger partial charge in [0.15, 0.2) is 11.5 Å². The molecule has 0 aliphatic heterocycles. The van der Waals surface area contributed by atoms with Gasteiger partial charge in [-0.1, -0.05) is 0 Å². The summed E-state index contributed by atoms with van der Waals surface area (Å²) < 4.78 is 15.9. The van der Waals surface area contributed by atoms with Crippen LogP contribution in [-0.2, 0) is 0 Å². The SMILES string of the molecule is CCOc1cc(Nc2ccc(NC(=O)Nc3ccc(OC)c(OC)c3)cc2)nc(C)n1. The lowest BCUT2D eigenvalue weighted by atomic mass is 10.2. The van der Waals surface area contributed by atoms with Crippen LogP contribution in [0.3, 0.4) is 0 Å². The second-order valence-corrected chi connectivity index (χ2v) is 6.42. The smallest absolute Gasteiger partial charge is 0.323 e. The van der Waals surface area contributed by atoms with E-state index in [0.717, 1.165) is 5.69 Å². The molecule has 0 aliphatic rings. The molecule has 0 spiro atoms. The first-order valence-corrected chi connectivity index (χ1v) is 9.66. The van der Waals surface area contributed by atoms with Gasteiger partial charge >= 0.3 is 6.03 Å². The zero-order valence-corrected chi connectivity index (χ0v) is 17.9. The summed E-state index contributed by atoms with van der Waals surface area (Å²) in [5.41, 5.74) is 2.03. The minimum absolute atomic E-state index is 0.374. The van der Waals surface area contributed by atoms with Crippen LogP contribution in [0.1, 0.15) is 12.7 Å². The summed E-state index contributed by atoms with van der Waals surface area (Å²) in [6.07, 6.45) is 0. The minimum Gasteiger partial charge on any atom is -0.493 e. The molecule has 9 heteroatoms. The van der Waals surface area contributed by atoms with Crippen molar-refractivity contribution in [2.75, 3.05) is 36.8 Å². The molecule has 0 aliphatic carbocycles. The second-order valence-electron chi connectivity index (χ2n) is 6.42. The molecule has 3 aromatic rings. The van der Waals surface area contributed by atoms with Crippen molar-refractivity contribution in [3.63, 3.8) is 0 Å². The number of carbonyl (C=O) groups excluding carboxylic acids is 1. The number of amides is 2. The van der Waals surface area contributed by atoms with Crippen LogP contribution >= 0.6 is 0 Å². The van der Waals surface area contributed by atoms with E-state index in [1.54, 1.807) is 50.4 Å². The molecule has 0 saturated carbocycles. The molecule has 3 rings (SSSR count). The van der Waals surface area contributed by atoms with Crippen LogP contribution in [0, 0.1) is 6.92 Å². The molecule has 31 heavy (non-hydrogen) atoms. The normalized spacial score (nSPS) is 10.2. The Morgan fingerprint density at radius 1 is 0.871 bits per heavy atom. The van der Waals surface area contributed by atoms with E-state index in [1.165, 1.54) is 7.11 Å². The fourth-order valence-corrected chi connectivity index (χ4v) is 2.82. The summed E-state index contributed by atoms with van der Waals surface area (Å²) in [6, 6.07) is 13.7.